The molecule has 1 heterocycles. The molecule has 0 saturated heterocycles. The van der Waals surface area contributed by atoms with Crippen molar-refractivity contribution in [1.82, 2.24) is 10.2 Å². The molecule has 154 valence electrons. The summed E-state index contributed by atoms with van der Waals surface area (Å²) in [4.78, 5) is 27.5. The number of rotatable bonds is 4. The standard InChI is InChI=1S/C22H26N2O5/c1-14(15-8-6-5-7-9-15)23-21(27)24-11-10-16-12-18(25)19(28-3)13-17(16)22(24,2)20(26)29-4/h5-9,12-14,25H,10-11H2,1-4H3,(H,23,27)/t14-,22-/m1/s1. The van der Waals surface area contributed by atoms with Crippen LogP contribution in [0.4, 0.5) is 4.79 Å². The predicted molar refractivity (Wildman–Crippen MR) is 108 cm³/mol. The van der Waals surface area contributed by atoms with Gasteiger partial charge in [-0.2, -0.15) is 0 Å². The third-order valence-corrected chi connectivity index (χ3v) is 5.54. The minimum absolute atomic E-state index is 0.00549. The van der Waals surface area contributed by atoms with Gasteiger partial charge in [-0.25, -0.2) is 9.59 Å². The molecule has 7 nitrogen and oxygen atoms in total. The molecular formula is C22H26N2O5. The molecule has 2 aromatic carbocycles. The Bertz CT molecular complexity index is 915. The lowest BCUT2D eigenvalue weighted by atomic mass is 9.81. The van der Waals surface area contributed by atoms with E-state index in [0.29, 0.717) is 18.5 Å². The van der Waals surface area contributed by atoms with Crippen LogP contribution in [0.15, 0.2) is 42.5 Å². The van der Waals surface area contributed by atoms with Crippen molar-refractivity contribution in [3.05, 3.63) is 59.2 Å². The number of phenols is 1. The van der Waals surface area contributed by atoms with Crippen LogP contribution in [0.2, 0.25) is 0 Å². The average molecular weight is 398 g/mol. The van der Waals surface area contributed by atoms with Gasteiger partial charge in [-0.3, -0.25) is 0 Å². The second-order valence-corrected chi connectivity index (χ2v) is 7.23. The molecule has 1 aliphatic rings. The minimum Gasteiger partial charge on any atom is -0.504 e. The molecule has 0 saturated carbocycles. The second kappa shape index (κ2) is 8.03. The van der Waals surface area contributed by atoms with Gasteiger partial charge in [-0.15, -0.1) is 0 Å². The molecule has 2 amide bonds. The number of nitrogens with one attached hydrogen (secondary N) is 1. The number of nitrogens with zero attached hydrogens (tertiary/aromatic N) is 1. The number of carbonyl (C=O) groups excluding carboxylic acids is 2. The zero-order chi connectivity index (χ0) is 21.2. The summed E-state index contributed by atoms with van der Waals surface area (Å²) in [6.45, 7) is 3.85. The first kappa shape index (κ1) is 20.5. The summed E-state index contributed by atoms with van der Waals surface area (Å²) in [6.07, 6.45) is 0.493. The number of methoxy groups -OCH3 is 2. The molecule has 0 fully saturated rings. The van der Waals surface area contributed by atoms with Crippen molar-refractivity contribution < 1.29 is 24.2 Å². The number of esters is 1. The Morgan fingerprint density at radius 2 is 1.90 bits per heavy atom. The Balaban J connectivity index is 1.98. The van der Waals surface area contributed by atoms with Crippen molar-refractivity contribution in [2.24, 2.45) is 0 Å². The van der Waals surface area contributed by atoms with Gasteiger partial charge in [-0.1, -0.05) is 30.3 Å². The van der Waals surface area contributed by atoms with E-state index in [4.69, 9.17) is 9.47 Å². The lowest BCUT2D eigenvalue weighted by Crippen LogP contribution is -2.59. The zero-order valence-corrected chi connectivity index (χ0v) is 17.1. The molecule has 2 aromatic rings. The highest BCUT2D eigenvalue weighted by Gasteiger charge is 2.49. The summed E-state index contributed by atoms with van der Waals surface area (Å²) in [7, 11) is 2.73. The van der Waals surface area contributed by atoms with E-state index >= 15 is 0 Å². The SMILES string of the molecule is COC(=O)[C@@]1(C)c2cc(OC)c(O)cc2CCN1C(=O)N[C@H](C)c1ccccc1. The van der Waals surface area contributed by atoms with E-state index in [1.165, 1.54) is 19.1 Å². The van der Waals surface area contributed by atoms with Gasteiger partial charge in [0.25, 0.3) is 0 Å². The van der Waals surface area contributed by atoms with Gasteiger partial charge in [0.2, 0.25) is 0 Å². The van der Waals surface area contributed by atoms with Crippen LogP contribution in [-0.4, -0.2) is 42.8 Å². The monoisotopic (exact) mass is 398 g/mol. The van der Waals surface area contributed by atoms with Crippen LogP contribution in [0.1, 0.15) is 36.6 Å². The van der Waals surface area contributed by atoms with Crippen molar-refractivity contribution in [2.75, 3.05) is 20.8 Å². The van der Waals surface area contributed by atoms with E-state index in [0.717, 1.165) is 11.1 Å². The van der Waals surface area contributed by atoms with E-state index in [9.17, 15) is 14.7 Å². The van der Waals surface area contributed by atoms with Crippen LogP contribution in [-0.2, 0) is 21.5 Å². The molecule has 0 spiro atoms. The molecule has 1 aliphatic heterocycles. The maximum absolute atomic E-state index is 13.2. The van der Waals surface area contributed by atoms with Gasteiger partial charge in [-0.05, 0) is 49.1 Å². The number of urea groups is 1. The van der Waals surface area contributed by atoms with Crippen molar-refractivity contribution >= 4 is 12.0 Å². The van der Waals surface area contributed by atoms with Crippen molar-refractivity contribution in [3.63, 3.8) is 0 Å². The molecule has 7 heteroatoms. The predicted octanol–water partition coefficient (Wildman–Crippen LogP) is 3.12. The highest BCUT2D eigenvalue weighted by molar-refractivity contribution is 5.89. The molecule has 0 aliphatic carbocycles. The fourth-order valence-electron chi connectivity index (χ4n) is 3.85. The van der Waals surface area contributed by atoms with E-state index in [2.05, 4.69) is 5.32 Å². The van der Waals surface area contributed by atoms with Gasteiger partial charge >= 0.3 is 12.0 Å². The number of carbonyl (C=O) groups is 2. The van der Waals surface area contributed by atoms with Crippen LogP contribution in [0.25, 0.3) is 0 Å². The van der Waals surface area contributed by atoms with Crippen LogP contribution in [0.3, 0.4) is 0 Å². The number of aromatic hydroxyl groups is 1. The average Bonchev–Trinajstić information content (AvgIpc) is 2.73. The lowest BCUT2D eigenvalue weighted by Gasteiger charge is -2.44. The summed E-state index contributed by atoms with van der Waals surface area (Å²) in [5.41, 5.74) is 0.956. The van der Waals surface area contributed by atoms with Crippen LogP contribution < -0.4 is 10.1 Å². The number of phenolic OH excluding ortho intramolecular Hbond substituents is 1. The fourth-order valence-corrected chi connectivity index (χ4v) is 3.85. The minimum atomic E-state index is -1.36. The van der Waals surface area contributed by atoms with Crippen LogP contribution in [0.5, 0.6) is 11.5 Å². The smallest absolute Gasteiger partial charge is 0.336 e. The fraction of sp³-hybridized carbons (Fsp3) is 0.364. The first-order valence-electron chi connectivity index (χ1n) is 9.44. The first-order chi connectivity index (χ1) is 13.8. The highest BCUT2D eigenvalue weighted by Crippen LogP contribution is 2.41. The summed E-state index contributed by atoms with van der Waals surface area (Å²) in [5.74, 6) is -0.332. The van der Waals surface area contributed by atoms with Gasteiger partial charge in [0, 0.05) is 6.54 Å². The Morgan fingerprint density at radius 3 is 2.52 bits per heavy atom. The van der Waals surface area contributed by atoms with E-state index in [1.807, 2.05) is 37.3 Å². The number of fused-ring (bicyclic) bond motifs is 1. The highest BCUT2D eigenvalue weighted by atomic mass is 16.5. The molecule has 2 atom stereocenters. The molecule has 0 bridgehead atoms. The Labute approximate surface area is 170 Å². The number of ether oxygens (including phenoxy) is 2. The first-order valence-corrected chi connectivity index (χ1v) is 9.44. The number of hydrogen-bond acceptors (Lipinski definition) is 5. The zero-order valence-electron chi connectivity index (χ0n) is 17.1. The number of benzene rings is 2. The van der Waals surface area contributed by atoms with E-state index in [1.54, 1.807) is 19.1 Å². The van der Waals surface area contributed by atoms with Crippen molar-refractivity contribution in [3.8, 4) is 11.5 Å². The van der Waals surface area contributed by atoms with Crippen molar-refractivity contribution in [2.45, 2.75) is 31.8 Å². The molecule has 0 unspecified atom stereocenters. The largest absolute Gasteiger partial charge is 0.504 e. The summed E-state index contributed by atoms with van der Waals surface area (Å²) >= 11 is 0. The Morgan fingerprint density at radius 1 is 1.21 bits per heavy atom. The number of hydrogen-bond donors (Lipinski definition) is 2. The molecule has 2 N–H and O–H groups in total. The third-order valence-electron chi connectivity index (χ3n) is 5.54. The Kier molecular flexibility index (Phi) is 5.68. The topological polar surface area (TPSA) is 88.1 Å². The normalized spacial score (nSPS) is 19.1. The van der Waals surface area contributed by atoms with Crippen LogP contribution in [0, 0.1) is 0 Å². The summed E-state index contributed by atoms with van der Waals surface area (Å²) in [5, 5.41) is 13.1. The van der Waals surface area contributed by atoms with Gasteiger partial charge in [0.1, 0.15) is 0 Å². The number of amides is 2. The maximum atomic E-state index is 13.2. The quantitative estimate of drug-likeness (QED) is 0.773. The molecule has 29 heavy (non-hydrogen) atoms. The van der Waals surface area contributed by atoms with Gasteiger partial charge in [0.15, 0.2) is 17.0 Å². The lowest BCUT2D eigenvalue weighted by molar-refractivity contribution is -0.153. The molecule has 0 aromatic heterocycles. The van der Waals surface area contributed by atoms with Gasteiger partial charge in [0.05, 0.1) is 20.3 Å². The van der Waals surface area contributed by atoms with Crippen molar-refractivity contribution in [1.29, 1.82) is 0 Å². The Hall–Kier alpha value is -3.22. The second-order valence-electron chi connectivity index (χ2n) is 7.23. The van der Waals surface area contributed by atoms with E-state index < -0.39 is 11.5 Å². The molecular weight excluding hydrogens is 372 g/mol. The summed E-state index contributed by atoms with van der Waals surface area (Å²) in [6, 6.07) is 12.2. The molecule has 3 rings (SSSR count). The molecule has 0 radical (unpaired) electrons. The third kappa shape index (κ3) is 3.60. The van der Waals surface area contributed by atoms with E-state index in [-0.39, 0.29) is 23.6 Å². The van der Waals surface area contributed by atoms with Crippen LogP contribution >= 0.6 is 0 Å². The van der Waals surface area contributed by atoms with Gasteiger partial charge < -0.3 is 24.8 Å². The summed E-state index contributed by atoms with van der Waals surface area (Å²) < 4.78 is 10.3. The maximum Gasteiger partial charge on any atom is 0.336 e.